The van der Waals surface area contributed by atoms with Crippen molar-refractivity contribution in [2.24, 2.45) is 5.92 Å². The minimum Gasteiger partial charge on any atom is -0.376 e. The van der Waals surface area contributed by atoms with E-state index in [9.17, 15) is 4.79 Å². The zero-order valence-corrected chi connectivity index (χ0v) is 15.7. The highest BCUT2D eigenvalue weighted by Gasteiger charge is 2.37. The standard InChI is InChI=1S/C21H26N4O2/c1-15-4-2-5-17(14-15)20(26)25-11-6-16(7-12-25)19-18(8-13-27-19)24-21-22-9-3-10-23-21/h2-5,9-10,14,16,18-19H,6-8,11-13H2,1H3,(H,22,23,24)/t18-,19+/m1/s1. The normalized spacial score (nSPS) is 23.4. The Hall–Kier alpha value is -2.47. The van der Waals surface area contributed by atoms with E-state index in [1.807, 2.05) is 42.2 Å². The number of aromatic nitrogens is 2. The van der Waals surface area contributed by atoms with Crippen molar-refractivity contribution >= 4 is 11.9 Å². The van der Waals surface area contributed by atoms with Gasteiger partial charge in [-0.2, -0.15) is 0 Å². The van der Waals surface area contributed by atoms with Crippen molar-refractivity contribution in [1.29, 1.82) is 0 Å². The predicted octanol–water partition coefficient (Wildman–Crippen LogP) is 2.91. The summed E-state index contributed by atoms with van der Waals surface area (Å²) in [5.41, 5.74) is 1.90. The molecule has 0 aliphatic carbocycles. The molecule has 2 atom stereocenters. The molecule has 6 nitrogen and oxygen atoms in total. The van der Waals surface area contributed by atoms with Crippen molar-refractivity contribution in [2.45, 2.75) is 38.3 Å². The number of hydrogen-bond donors (Lipinski definition) is 1. The molecule has 2 fully saturated rings. The van der Waals surface area contributed by atoms with Gasteiger partial charge in [-0.1, -0.05) is 17.7 Å². The Balaban J connectivity index is 1.35. The molecule has 1 N–H and O–H groups in total. The van der Waals surface area contributed by atoms with Gasteiger partial charge in [-0.05, 0) is 50.3 Å². The van der Waals surface area contributed by atoms with Crippen LogP contribution in [0.1, 0.15) is 35.2 Å². The Bertz CT molecular complexity index is 775. The molecule has 6 heteroatoms. The van der Waals surface area contributed by atoms with E-state index in [1.165, 1.54) is 0 Å². The minimum absolute atomic E-state index is 0.136. The second-order valence-corrected chi connectivity index (χ2v) is 7.45. The summed E-state index contributed by atoms with van der Waals surface area (Å²) < 4.78 is 6.05. The van der Waals surface area contributed by atoms with Gasteiger partial charge in [-0.15, -0.1) is 0 Å². The highest BCUT2D eigenvalue weighted by molar-refractivity contribution is 5.94. The first kappa shape index (κ1) is 17.9. The summed E-state index contributed by atoms with van der Waals surface area (Å²) in [7, 11) is 0. The van der Waals surface area contributed by atoms with Crippen LogP contribution < -0.4 is 5.32 Å². The molecule has 142 valence electrons. The van der Waals surface area contributed by atoms with Crippen molar-refractivity contribution in [3.8, 4) is 0 Å². The van der Waals surface area contributed by atoms with Crippen LogP contribution in [0.4, 0.5) is 5.95 Å². The predicted molar refractivity (Wildman–Crippen MR) is 104 cm³/mol. The van der Waals surface area contributed by atoms with E-state index in [1.54, 1.807) is 12.4 Å². The number of carbonyl (C=O) groups is 1. The fourth-order valence-corrected chi connectivity index (χ4v) is 4.16. The quantitative estimate of drug-likeness (QED) is 0.901. The van der Waals surface area contributed by atoms with Gasteiger partial charge in [0.05, 0.1) is 12.1 Å². The lowest BCUT2D eigenvalue weighted by atomic mass is 9.87. The highest BCUT2D eigenvalue weighted by atomic mass is 16.5. The number of nitrogens with one attached hydrogen (secondary N) is 1. The zero-order chi connectivity index (χ0) is 18.6. The van der Waals surface area contributed by atoms with Gasteiger partial charge in [0.2, 0.25) is 5.95 Å². The lowest BCUT2D eigenvalue weighted by molar-refractivity contribution is 0.0260. The molecule has 27 heavy (non-hydrogen) atoms. The van der Waals surface area contributed by atoms with Crippen LogP contribution in [0.15, 0.2) is 42.7 Å². The van der Waals surface area contributed by atoms with Crippen LogP contribution in [0.3, 0.4) is 0 Å². The maximum atomic E-state index is 12.8. The molecule has 1 amide bonds. The number of piperidine rings is 1. The summed E-state index contributed by atoms with van der Waals surface area (Å²) in [5.74, 6) is 1.25. The van der Waals surface area contributed by atoms with E-state index >= 15 is 0 Å². The van der Waals surface area contributed by atoms with E-state index in [0.29, 0.717) is 11.9 Å². The molecule has 1 aromatic heterocycles. The number of nitrogens with zero attached hydrogens (tertiary/aromatic N) is 3. The van der Waals surface area contributed by atoms with Gasteiger partial charge >= 0.3 is 0 Å². The lowest BCUT2D eigenvalue weighted by Crippen LogP contribution is -2.44. The van der Waals surface area contributed by atoms with Crippen LogP contribution in [-0.4, -0.2) is 52.6 Å². The van der Waals surface area contributed by atoms with Crippen molar-refractivity contribution in [2.75, 3.05) is 25.0 Å². The summed E-state index contributed by atoms with van der Waals surface area (Å²) in [6, 6.07) is 9.88. The first-order valence-electron chi connectivity index (χ1n) is 9.72. The largest absolute Gasteiger partial charge is 0.376 e. The van der Waals surface area contributed by atoms with Crippen molar-refractivity contribution in [3.63, 3.8) is 0 Å². The summed E-state index contributed by atoms with van der Waals surface area (Å²) in [5, 5.41) is 3.43. The fraction of sp³-hybridized carbons (Fsp3) is 0.476. The highest BCUT2D eigenvalue weighted by Crippen LogP contribution is 2.31. The molecule has 2 aliphatic heterocycles. The van der Waals surface area contributed by atoms with E-state index in [0.717, 1.165) is 50.1 Å². The summed E-state index contributed by atoms with van der Waals surface area (Å²) in [6.07, 6.45) is 6.55. The second-order valence-electron chi connectivity index (χ2n) is 7.45. The Kier molecular flexibility index (Phi) is 5.34. The van der Waals surface area contributed by atoms with E-state index in [4.69, 9.17) is 4.74 Å². The van der Waals surface area contributed by atoms with Crippen LogP contribution in [-0.2, 0) is 4.74 Å². The number of rotatable bonds is 4. The van der Waals surface area contributed by atoms with Crippen LogP contribution in [0.5, 0.6) is 0 Å². The zero-order valence-electron chi connectivity index (χ0n) is 15.7. The molecule has 0 saturated carbocycles. The maximum Gasteiger partial charge on any atom is 0.253 e. The number of benzene rings is 1. The van der Waals surface area contributed by atoms with E-state index in [2.05, 4.69) is 15.3 Å². The number of carbonyl (C=O) groups excluding carboxylic acids is 1. The second kappa shape index (κ2) is 8.05. The van der Waals surface area contributed by atoms with Crippen LogP contribution >= 0.6 is 0 Å². The molecule has 2 aromatic rings. The molecule has 0 bridgehead atoms. The third kappa shape index (κ3) is 4.11. The maximum absolute atomic E-state index is 12.8. The molecule has 3 heterocycles. The number of anilines is 1. The van der Waals surface area contributed by atoms with Crippen molar-refractivity contribution in [1.82, 2.24) is 14.9 Å². The topological polar surface area (TPSA) is 67.3 Å². The lowest BCUT2D eigenvalue weighted by Gasteiger charge is -2.36. The number of likely N-dealkylation sites (tertiary alicyclic amines) is 1. The Morgan fingerprint density at radius 1 is 1.15 bits per heavy atom. The third-order valence-electron chi connectivity index (χ3n) is 5.57. The van der Waals surface area contributed by atoms with Crippen LogP contribution in [0.25, 0.3) is 0 Å². The SMILES string of the molecule is Cc1cccc(C(=O)N2CCC([C@@H]3OCC[C@H]3Nc3ncccn3)CC2)c1. The number of hydrogen-bond acceptors (Lipinski definition) is 5. The molecular weight excluding hydrogens is 340 g/mol. The van der Waals surface area contributed by atoms with Gasteiger partial charge < -0.3 is 15.0 Å². The van der Waals surface area contributed by atoms with E-state index in [-0.39, 0.29) is 18.1 Å². The van der Waals surface area contributed by atoms with Gasteiger partial charge in [0.1, 0.15) is 0 Å². The van der Waals surface area contributed by atoms with Crippen LogP contribution in [0, 0.1) is 12.8 Å². The molecule has 2 aliphatic rings. The monoisotopic (exact) mass is 366 g/mol. The average Bonchev–Trinajstić information content (AvgIpc) is 3.16. The number of ether oxygens (including phenoxy) is 1. The molecule has 2 saturated heterocycles. The van der Waals surface area contributed by atoms with Gasteiger partial charge in [-0.25, -0.2) is 9.97 Å². The summed E-state index contributed by atoms with van der Waals surface area (Å²) >= 11 is 0. The van der Waals surface area contributed by atoms with Gasteiger partial charge in [0.25, 0.3) is 5.91 Å². The van der Waals surface area contributed by atoms with E-state index < -0.39 is 0 Å². The number of aryl methyl sites for hydroxylation is 1. The molecule has 0 radical (unpaired) electrons. The Morgan fingerprint density at radius 3 is 2.67 bits per heavy atom. The summed E-state index contributed by atoms with van der Waals surface area (Å²) in [4.78, 5) is 23.3. The number of amides is 1. The minimum atomic E-state index is 0.136. The molecule has 0 unspecified atom stereocenters. The van der Waals surface area contributed by atoms with Crippen molar-refractivity contribution in [3.05, 3.63) is 53.9 Å². The van der Waals surface area contributed by atoms with Crippen molar-refractivity contribution < 1.29 is 9.53 Å². The smallest absolute Gasteiger partial charge is 0.253 e. The average molecular weight is 366 g/mol. The van der Waals surface area contributed by atoms with Gasteiger partial charge in [0, 0.05) is 37.7 Å². The fourth-order valence-electron chi connectivity index (χ4n) is 4.16. The van der Waals surface area contributed by atoms with Gasteiger partial charge in [-0.3, -0.25) is 4.79 Å². The van der Waals surface area contributed by atoms with Gasteiger partial charge in [0.15, 0.2) is 0 Å². The summed E-state index contributed by atoms with van der Waals surface area (Å²) in [6.45, 7) is 4.35. The first-order chi connectivity index (χ1) is 13.2. The molecule has 4 rings (SSSR count). The third-order valence-corrected chi connectivity index (χ3v) is 5.57. The molecular formula is C21H26N4O2. The Morgan fingerprint density at radius 2 is 1.93 bits per heavy atom. The molecule has 0 spiro atoms. The Labute approximate surface area is 160 Å². The van der Waals surface area contributed by atoms with Crippen LogP contribution in [0.2, 0.25) is 0 Å². The first-order valence-corrected chi connectivity index (χ1v) is 9.72. The molecule has 1 aromatic carbocycles.